The molecule has 0 radical (unpaired) electrons. The third kappa shape index (κ3) is 4.75. The molecule has 1 atom stereocenters. The van der Waals surface area contributed by atoms with Gasteiger partial charge in [-0.1, -0.05) is 0 Å². The molecule has 2 N–H and O–H groups in total. The van der Waals surface area contributed by atoms with Crippen molar-refractivity contribution in [3.63, 3.8) is 0 Å². The second-order valence-electron chi connectivity index (χ2n) is 5.43. The fraction of sp³-hybridized carbons (Fsp3) is 0.533. The predicted octanol–water partition coefficient (Wildman–Crippen LogP) is 2.00. The minimum absolute atomic E-state index is 0.135. The van der Waals surface area contributed by atoms with Gasteiger partial charge in [-0.2, -0.15) is 0 Å². The van der Waals surface area contributed by atoms with Gasteiger partial charge in [-0.15, -0.1) is 0 Å². The number of aliphatic hydroxyl groups is 1. The molecule has 1 aliphatic heterocycles. The van der Waals surface area contributed by atoms with E-state index in [4.69, 9.17) is 5.11 Å². The molecule has 1 aliphatic rings. The second-order valence-corrected chi connectivity index (χ2v) is 5.43. The van der Waals surface area contributed by atoms with Crippen LogP contribution in [-0.4, -0.2) is 42.2 Å². The first-order valence-corrected chi connectivity index (χ1v) is 7.16. The van der Waals surface area contributed by atoms with E-state index >= 15 is 0 Å². The molecule has 1 aromatic carbocycles. The zero-order valence-corrected chi connectivity index (χ0v) is 11.8. The van der Waals surface area contributed by atoms with Crippen LogP contribution in [0.2, 0.25) is 0 Å². The molecule has 1 aromatic rings. The lowest BCUT2D eigenvalue weighted by Crippen LogP contribution is -2.40. The molecular weight excluding hydrogens is 278 g/mol. The Bertz CT molecular complexity index is 495. The SMILES string of the molecule is O=C(CN1CCCC(CCO)C1)Nc1cc(F)ccc1F. The standard InChI is InChI=1S/C15H20F2N2O2/c16-12-3-4-13(17)14(8-12)18-15(21)10-19-6-1-2-11(9-19)5-7-20/h3-4,8,11,20H,1-2,5-7,9-10H2,(H,18,21). The number of hydrogen-bond donors (Lipinski definition) is 2. The van der Waals surface area contributed by atoms with Crippen LogP contribution in [0.5, 0.6) is 0 Å². The summed E-state index contributed by atoms with van der Waals surface area (Å²) in [5, 5.41) is 11.4. The lowest BCUT2D eigenvalue weighted by molar-refractivity contribution is -0.117. The largest absolute Gasteiger partial charge is 0.396 e. The van der Waals surface area contributed by atoms with Crippen LogP contribution in [0.1, 0.15) is 19.3 Å². The molecule has 0 saturated carbocycles. The van der Waals surface area contributed by atoms with Crippen molar-refractivity contribution in [2.75, 3.05) is 31.6 Å². The molecule has 1 saturated heterocycles. The lowest BCUT2D eigenvalue weighted by atomic mass is 9.95. The maximum Gasteiger partial charge on any atom is 0.238 e. The number of carbonyl (C=O) groups excluding carboxylic acids is 1. The number of piperidine rings is 1. The van der Waals surface area contributed by atoms with E-state index in [9.17, 15) is 13.6 Å². The third-order valence-corrected chi connectivity index (χ3v) is 3.71. The van der Waals surface area contributed by atoms with E-state index in [-0.39, 0.29) is 24.7 Å². The number of halogens is 2. The van der Waals surface area contributed by atoms with Crippen LogP contribution in [0.15, 0.2) is 18.2 Å². The molecule has 1 fully saturated rings. The Morgan fingerprint density at radius 2 is 2.24 bits per heavy atom. The Kier molecular flexibility index (Phi) is 5.64. The van der Waals surface area contributed by atoms with E-state index in [0.717, 1.165) is 50.6 Å². The Hall–Kier alpha value is -1.53. The molecule has 1 unspecified atom stereocenters. The number of anilines is 1. The highest BCUT2D eigenvalue weighted by atomic mass is 19.1. The summed E-state index contributed by atoms with van der Waals surface area (Å²) in [5.74, 6) is -1.21. The van der Waals surface area contributed by atoms with E-state index in [1.807, 2.05) is 4.90 Å². The van der Waals surface area contributed by atoms with Crippen molar-refractivity contribution in [1.82, 2.24) is 4.90 Å². The number of nitrogens with one attached hydrogen (secondary N) is 1. The van der Waals surface area contributed by atoms with Crippen molar-refractivity contribution >= 4 is 11.6 Å². The van der Waals surface area contributed by atoms with Crippen molar-refractivity contribution in [3.8, 4) is 0 Å². The van der Waals surface area contributed by atoms with Crippen molar-refractivity contribution in [1.29, 1.82) is 0 Å². The Morgan fingerprint density at radius 3 is 3.00 bits per heavy atom. The molecule has 0 aromatic heterocycles. The zero-order valence-electron chi connectivity index (χ0n) is 11.8. The number of hydrogen-bond acceptors (Lipinski definition) is 3. The molecule has 0 aliphatic carbocycles. The maximum absolute atomic E-state index is 13.4. The number of rotatable bonds is 5. The molecule has 116 valence electrons. The van der Waals surface area contributed by atoms with Crippen LogP contribution in [-0.2, 0) is 4.79 Å². The fourth-order valence-electron chi connectivity index (χ4n) is 2.70. The van der Waals surface area contributed by atoms with Crippen LogP contribution < -0.4 is 5.32 Å². The molecule has 4 nitrogen and oxygen atoms in total. The summed E-state index contributed by atoms with van der Waals surface area (Å²) in [7, 11) is 0. The second kappa shape index (κ2) is 7.47. The third-order valence-electron chi connectivity index (χ3n) is 3.71. The Labute approximate surface area is 122 Å². The number of likely N-dealkylation sites (tertiary alicyclic amines) is 1. The van der Waals surface area contributed by atoms with E-state index in [2.05, 4.69) is 5.32 Å². The van der Waals surface area contributed by atoms with Crippen LogP contribution >= 0.6 is 0 Å². The number of aliphatic hydroxyl groups excluding tert-OH is 1. The first kappa shape index (κ1) is 15.9. The zero-order chi connectivity index (χ0) is 15.2. The van der Waals surface area contributed by atoms with Gasteiger partial charge in [0.15, 0.2) is 0 Å². The highest BCUT2D eigenvalue weighted by molar-refractivity contribution is 5.92. The average Bonchev–Trinajstić information content (AvgIpc) is 2.43. The minimum Gasteiger partial charge on any atom is -0.396 e. The molecule has 2 rings (SSSR count). The van der Waals surface area contributed by atoms with Gasteiger partial charge in [0.1, 0.15) is 11.6 Å². The van der Waals surface area contributed by atoms with Gasteiger partial charge in [-0.25, -0.2) is 8.78 Å². The summed E-state index contributed by atoms with van der Waals surface area (Å²) < 4.78 is 26.5. The van der Waals surface area contributed by atoms with Gasteiger partial charge in [0.05, 0.1) is 12.2 Å². The molecule has 1 heterocycles. The van der Waals surface area contributed by atoms with Gasteiger partial charge >= 0.3 is 0 Å². The topological polar surface area (TPSA) is 52.6 Å². The van der Waals surface area contributed by atoms with E-state index in [0.29, 0.717) is 5.92 Å². The van der Waals surface area contributed by atoms with Crippen molar-refractivity contribution in [2.45, 2.75) is 19.3 Å². The molecule has 0 bridgehead atoms. The van der Waals surface area contributed by atoms with E-state index < -0.39 is 11.6 Å². The quantitative estimate of drug-likeness (QED) is 0.874. The first-order chi connectivity index (χ1) is 10.1. The molecule has 6 heteroatoms. The number of benzene rings is 1. The van der Waals surface area contributed by atoms with Gasteiger partial charge in [0.25, 0.3) is 0 Å². The van der Waals surface area contributed by atoms with Gasteiger partial charge in [0, 0.05) is 19.2 Å². The van der Waals surface area contributed by atoms with Crippen molar-refractivity contribution in [2.24, 2.45) is 5.92 Å². The van der Waals surface area contributed by atoms with E-state index in [1.165, 1.54) is 0 Å². The number of nitrogens with zero attached hydrogens (tertiary/aromatic N) is 1. The van der Waals surface area contributed by atoms with Gasteiger partial charge < -0.3 is 10.4 Å². The smallest absolute Gasteiger partial charge is 0.238 e. The summed E-state index contributed by atoms with van der Waals surface area (Å²) >= 11 is 0. The summed E-state index contributed by atoms with van der Waals surface area (Å²) in [6, 6.07) is 2.97. The van der Waals surface area contributed by atoms with Crippen molar-refractivity contribution < 1.29 is 18.7 Å². The van der Waals surface area contributed by atoms with Crippen LogP contribution in [0.3, 0.4) is 0 Å². The van der Waals surface area contributed by atoms with Crippen LogP contribution in [0, 0.1) is 17.6 Å². The Balaban J connectivity index is 1.88. The summed E-state index contributed by atoms with van der Waals surface area (Å²) in [5.41, 5.74) is -0.135. The fourth-order valence-corrected chi connectivity index (χ4v) is 2.70. The first-order valence-electron chi connectivity index (χ1n) is 7.16. The average molecular weight is 298 g/mol. The Morgan fingerprint density at radius 1 is 1.43 bits per heavy atom. The number of carbonyl (C=O) groups is 1. The highest BCUT2D eigenvalue weighted by Gasteiger charge is 2.21. The minimum atomic E-state index is -0.651. The predicted molar refractivity (Wildman–Crippen MR) is 75.9 cm³/mol. The van der Waals surface area contributed by atoms with Gasteiger partial charge in [-0.3, -0.25) is 9.69 Å². The molecule has 21 heavy (non-hydrogen) atoms. The molecule has 1 amide bonds. The van der Waals surface area contributed by atoms with Crippen LogP contribution in [0.25, 0.3) is 0 Å². The molecule has 0 spiro atoms. The van der Waals surface area contributed by atoms with Gasteiger partial charge in [-0.05, 0) is 43.9 Å². The summed E-state index contributed by atoms with van der Waals surface area (Å²) in [4.78, 5) is 13.9. The normalized spacial score (nSPS) is 19.5. The molecular formula is C15H20F2N2O2. The highest BCUT2D eigenvalue weighted by Crippen LogP contribution is 2.19. The van der Waals surface area contributed by atoms with Gasteiger partial charge in [0.2, 0.25) is 5.91 Å². The lowest BCUT2D eigenvalue weighted by Gasteiger charge is -2.31. The van der Waals surface area contributed by atoms with Crippen molar-refractivity contribution in [3.05, 3.63) is 29.8 Å². The monoisotopic (exact) mass is 298 g/mol. The maximum atomic E-state index is 13.4. The summed E-state index contributed by atoms with van der Waals surface area (Å²) in [6.07, 6.45) is 2.76. The summed E-state index contributed by atoms with van der Waals surface area (Å²) in [6.45, 7) is 1.86. The number of amides is 1. The van der Waals surface area contributed by atoms with E-state index in [1.54, 1.807) is 0 Å². The van der Waals surface area contributed by atoms with Crippen LogP contribution in [0.4, 0.5) is 14.5 Å².